The minimum absolute atomic E-state index is 0.123. The molecule has 1 heterocycles. The van der Waals surface area contributed by atoms with Gasteiger partial charge in [0.05, 0.1) is 12.7 Å². The maximum absolute atomic E-state index is 11.8. The minimum Gasteiger partial charge on any atom is -0.476 e. The summed E-state index contributed by atoms with van der Waals surface area (Å²) in [5.74, 6) is -1.49. The maximum Gasteiger partial charge on any atom is 0.441 e. The van der Waals surface area contributed by atoms with E-state index < -0.39 is 17.5 Å². The number of aromatic carboxylic acids is 1. The van der Waals surface area contributed by atoms with Crippen LogP contribution in [0.4, 0.5) is 18.0 Å². The predicted molar refractivity (Wildman–Crippen MR) is 66.9 cm³/mol. The number of carboxylic acids is 1. The summed E-state index contributed by atoms with van der Waals surface area (Å²) in [4.78, 5) is 21.8. The number of carbonyl (C=O) groups excluding carboxylic acids is 1. The summed E-state index contributed by atoms with van der Waals surface area (Å²) >= 11 is -0.219. The highest BCUT2D eigenvalue weighted by Gasteiger charge is 2.27. The first-order valence-electron chi connectivity index (χ1n) is 5.64. The Morgan fingerprint density at radius 3 is 2.57 bits per heavy atom. The average molecular weight is 327 g/mol. The molecule has 0 saturated heterocycles. The number of thioether (sulfide) groups is 1. The molecule has 0 spiro atoms. The van der Waals surface area contributed by atoms with E-state index >= 15 is 0 Å². The number of hydrogen-bond acceptors (Lipinski definition) is 5. The van der Waals surface area contributed by atoms with Crippen molar-refractivity contribution in [2.24, 2.45) is 0 Å². The number of rotatable bonds is 7. The quantitative estimate of drug-likeness (QED) is 0.630. The van der Waals surface area contributed by atoms with Crippen LogP contribution in [0, 0.1) is 0 Å². The van der Waals surface area contributed by atoms with Gasteiger partial charge in [0.1, 0.15) is 0 Å². The van der Waals surface area contributed by atoms with Gasteiger partial charge < -0.3 is 15.7 Å². The number of hydrogen-bond donors (Lipinski definition) is 3. The first kappa shape index (κ1) is 17.1. The fourth-order valence-corrected chi connectivity index (χ4v) is 1.62. The van der Waals surface area contributed by atoms with Gasteiger partial charge in [0.25, 0.3) is 0 Å². The molecule has 8 nitrogen and oxygen atoms in total. The molecular formula is C9H12F3N5O3S. The van der Waals surface area contributed by atoms with Crippen molar-refractivity contribution in [2.45, 2.75) is 12.1 Å². The van der Waals surface area contributed by atoms with E-state index in [0.717, 1.165) is 0 Å². The van der Waals surface area contributed by atoms with Gasteiger partial charge >= 0.3 is 17.5 Å². The molecule has 0 fully saturated rings. The second-order valence-corrected chi connectivity index (χ2v) is 4.81. The van der Waals surface area contributed by atoms with Gasteiger partial charge in [-0.05, 0) is 11.8 Å². The molecule has 0 radical (unpaired) electrons. The van der Waals surface area contributed by atoms with Crippen LogP contribution in [-0.4, -0.2) is 56.5 Å². The van der Waals surface area contributed by atoms with E-state index in [1.807, 2.05) is 0 Å². The topological polar surface area (TPSA) is 109 Å². The molecule has 0 aliphatic rings. The first-order chi connectivity index (χ1) is 9.78. The highest BCUT2D eigenvalue weighted by Crippen LogP contribution is 2.29. The molecule has 0 atom stereocenters. The Hall–Kier alpha value is -1.98. The Balaban J connectivity index is 2.14. The van der Waals surface area contributed by atoms with E-state index in [9.17, 15) is 22.8 Å². The lowest BCUT2D eigenvalue weighted by Gasteiger charge is -2.08. The molecule has 3 N–H and O–H groups in total. The van der Waals surface area contributed by atoms with Crippen LogP contribution in [0.15, 0.2) is 6.20 Å². The second kappa shape index (κ2) is 7.71. The number of alkyl halides is 3. The summed E-state index contributed by atoms with van der Waals surface area (Å²) in [6.07, 6.45) is 1.20. The van der Waals surface area contributed by atoms with Crippen LogP contribution >= 0.6 is 11.8 Å². The predicted octanol–water partition coefficient (Wildman–Crippen LogP) is 0.528. The summed E-state index contributed by atoms with van der Waals surface area (Å²) in [7, 11) is 0. The summed E-state index contributed by atoms with van der Waals surface area (Å²) in [6.45, 7) is 0.189. The number of halogens is 3. The van der Waals surface area contributed by atoms with Crippen molar-refractivity contribution < 1.29 is 27.9 Å². The average Bonchev–Trinajstić information content (AvgIpc) is 2.82. The molecule has 0 unspecified atom stereocenters. The molecule has 0 aliphatic carbocycles. The van der Waals surface area contributed by atoms with Gasteiger partial charge in [-0.15, -0.1) is 5.10 Å². The zero-order chi connectivity index (χ0) is 15.9. The number of aromatic nitrogens is 3. The van der Waals surface area contributed by atoms with Crippen LogP contribution in [0.1, 0.15) is 10.5 Å². The van der Waals surface area contributed by atoms with Gasteiger partial charge in [-0.1, -0.05) is 5.21 Å². The lowest BCUT2D eigenvalue weighted by Crippen LogP contribution is -2.38. The SMILES string of the molecule is O=C(NCCSC(F)(F)F)NCCn1cc(C(=O)O)nn1. The van der Waals surface area contributed by atoms with Crippen molar-refractivity contribution >= 4 is 23.8 Å². The van der Waals surface area contributed by atoms with Gasteiger partial charge in [-0.2, -0.15) is 13.2 Å². The summed E-state index contributed by atoms with van der Waals surface area (Å²) in [5.41, 5.74) is -4.53. The van der Waals surface area contributed by atoms with E-state index in [2.05, 4.69) is 20.9 Å². The molecule has 2 amide bonds. The largest absolute Gasteiger partial charge is 0.476 e. The summed E-state index contributed by atoms with van der Waals surface area (Å²) in [5, 5.41) is 20.2. The van der Waals surface area contributed by atoms with Crippen LogP contribution in [-0.2, 0) is 6.54 Å². The third-order valence-corrected chi connectivity index (χ3v) is 2.77. The molecule has 21 heavy (non-hydrogen) atoms. The molecule has 1 aromatic heterocycles. The van der Waals surface area contributed by atoms with Crippen LogP contribution in [0.25, 0.3) is 0 Å². The van der Waals surface area contributed by atoms with Crippen molar-refractivity contribution in [3.63, 3.8) is 0 Å². The van der Waals surface area contributed by atoms with Gasteiger partial charge in [-0.25, -0.2) is 14.3 Å². The standard InChI is InChI=1S/C9H12F3N5O3S/c10-9(11,12)21-4-2-14-8(20)13-1-3-17-5-6(7(18)19)15-16-17/h5H,1-4H2,(H,18,19)(H2,13,14,20). The van der Waals surface area contributed by atoms with Gasteiger partial charge in [0.15, 0.2) is 5.69 Å². The van der Waals surface area contributed by atoms with E-state index in [1.165, 1.54) is 10.9 Å². The van der Waals surface area contributed by atoms with E-state index in [1.54, 1.807) is 0 Å². The third kappa shape index (κ3) is 7.39. The van der Waals surface area contributed by atoms with E-state index in [4.69, 9.17) is 5.11 Å². The minimum atomic E-state index is -4.31. The Labute approximate surface area is 121 Å². The number of amides is 2. The zero-order valence-electron chi connectivity index (χ0n) is 10.6. The van der Waals surface area contributed by atoms with Gasteiger partial charge in [0, 0.05) is 18.8 Å². The number of nitrogens with zero attached hydrogens (tertiary/aromatic N) is 3. The van der Waals surface area contributed by atoms with Crippen LogP contribution < -0.4 is 10.6 Å². The van der Waals surface area contributed by atoms with Crippen molar-refractivity contribution in [1.82, 2.24) is 25.6 Å². The molecule has 0 bridgehead atoms. The maximum atomic E-state index is 11.8. The molecule has 0 saturated carbocycles. The summed E-state index contributed by atoms with van der Waals surface area (Å²) < 4.78 is 36.6. The highest BCUT2D eigenvalue weighted by atomic mass is 32.2. The van der Waals surface area contributed by atoms with Crippen LogP contribution in [0.2, 0.25) is 0 Å². The Kier molecular flexibility index (Phi) is 6.27. The Morgan fingerprint density at radius 2 is 2.00 bits per heavy atom. The number of urea groups is 1. The lowest BCUT2D eigenvalue weighted by molar-refractivity contribution is -0.0327. The molecule has 118 valence electrons. The lowest BCUT2D eigenvalue weighted by atomic mass is 10.5. The van der Waals surface area contributed by atoms with Gasteiger partial charge in [-0.3, -0.25) is 0 Å². The molecule has 0 aromatic carbocycles. The highest BCUT2D eigenvalue weighted by molar-refractivity contribution is 8.00. The van der Waals surface area contributed by atoms with Gasteiger partial charge in [0.2, 0.25) is 0 Å². The third-order valence-electron chi connectivity index (χ3n) is 2.04. The summed E-state index contributed by atoms with van der Waals surface area (Å²) in [6, 6.07) is -0.614. The molecule has 1 rings (SSSR count). The smallest absolute Gasteiger partial charge is 0.441 e. The number of nitrogens with one attached hydrogen (secondary N) is 2. The van der Waals surface area contributed by atoms with Crippen molar-refractivity contribution in [2.75, 3.05) is 18.8 Å². The number of carboxylic acid groups (broad SMARTS) is 1. The fraction of sp³-hybridized carbons (Fsp3) is 0.556. The van der Waals surface area contributed by atoms with Crippen LogP contribution in [0.3, 0.4) is 0 Å². The fourth-order valence-electron chi connectivity index (χ4n) is 1.18. The molecule has 12 heteroatoms. The normalized spacial score (nSPS) is 11.2. The van der Waals surface area contributed by atoms with Crippen LogP contribution in [0.5, 0.6) is 0 Å². The van der Waals surface area contributed by atoms with Crippen molar-refractivity contribution in [3.8, 4) is 0 Å². The zero-order valence-corrected chi connectivity index (χ0v) is 11.4. The first-order valence-corrected chi connectivity index (χ1v) is 6.62. The molecule has 0 aliphatic heterocycles. The Bertz CT molecular complexity index is 493. The van der Waals surface area contributed by atoms with Crippen molar-refractivity contribution in [1.29, 1.82) is 0 Å². The Morgan fingerprint density at radius 1 is 1.33 bits per heavy atom. The monoisotopic (exact) mass is 327 g/mol. The van der Waals surface area contributed by atoms with E-state index in [0.29, 0.717) is 0 Å². The van der Waals surface area contributed by atoms with E-state index in [-0.39, 0.29) is 42.8 Å². The van der Waals surface area contributed by atoms with Crippen molar-refractivity contribution in [3.05, 3.63) is 11.9 Å². The molecular weight excluding hydrogens is 315 g/mol. The second-order valence-electron chi connectivity index (χ2n) is 3.65. The molecule has 1 aromatic rings. The number of carbonyl (C=O) groups is 2.